The van der Waals surface area contributed by atoms with Crippen LogP contribution >= 0.6 is 0 Å². The minimum absolute atomic E-state index is 0.210. The van der Waals surface area contributed by atoms with Gasteiger partial charge in [0, 0.05) is 5.41 Å². The van der Waals surface area contributed by atoms with Crippen molar-refractivity contribution < 1.29 is 4.74 Å². The molecule has 0 saturated carbocycles. The summed E-state index contributed by atoms with van der Waals surface area (Å²) < 4.78 is 5.25. The lowest BCUT2D eigenvalue weighted by molar-refractivity contribution is -0.0422. The largest absolute Gasteiger partial charge is 0.379 e. The summed E-state index contributed by atoms with van der Waals surface area (Å²) in [6.45, 7) is 3.79. The molecule has 1 heteroatoms. The Kier molecular flexibility index (Phi) is 1.89. The Hall–Kier alpha value is -0.820. The average Bonchev–Trinajstić information content (AvgIpc) is 2.05. The number of ether oxygens (including phenoxy) is 1. The van der Waals surface area contributed by atoms with Crippen LogP contribution in [0.5, 0.6) is 0 Å². The molecule has 1 radical (unpaired) electrons. The van der Waals surface area contributed by atoms with Gasteiger partial charge in [-0.05, 0) is 12.0 Å². The topological polar surface area (TPSA) is 9.23 Å². The molecule has 0 aliphatic carbocycles. The van der Waals surface area contributed by atoms with Gasteiger partial charge >= 0.3 is 0 Å². The molecular weight excluding hydrogens is 148 g/mol. The highest BCUT2D eigenvalue weighted by Crippen LogP contribution is 2.34. The van der Waals surface area contributed by atoms with Gasteiger partial charge in [-0.15, -0.1) is 0 Å². The summed E-state index contributed by atoms with van der Waals surface area (Å²) in [6, 6.07) is 10.6. The van der Waals surface area contributed by atoms with Crippen molar-refractivity contribution in [2.75, 3.05) is 13.2 Å². The monoisotopic (exact) mass is 161 g/mol. The van der Waals surface area contributed by atoms with Crippen molar-refractivity contribution >= 4 is 0 Å². The van der Waals surface area contributed by atoms with Crippen molar-refractivity contribution in [2.45, 2.75) is 12.3 Å². The molecule has 0 amide bonds. The van der Waals surface area contributed by atoms with Crippen LogP contribution < -0.4 is 0 Å². The van der Waals surface area contributed by atoms with E-state index in [1.807, 2.05) is 6.07 Å². The fraction of sp³-hybridized carbons (Fsp3) is 0.364. The molecule has 0 N–H and O–H groups in total. The van der Waals surface area contributed by atoms with Gasteiger partial charge in [-0.25, -0.2) is 0 Å². The van der Waals surface area contributed by atoms with Gasteiger partial charge in [-0.2, -0.15) is 0 Å². The van der Waals surface area contributed by atoms with Gasteiger partial charge in [0.1, 0.15) is 0 Å². The molecule has 1 aromatic carbocycles. The minimum Gasteiger partial charge on any atom is -0.379 e. The Bertz CT molecular complexity index is 243. The summed E-state index contributed by atoms with van der Waals surface area (Å²) in [7, 11) is 0. The van der Waals surface area contributed by atoms with E-state index in [1.165, 1.54) is 5.56 Å². The number of hydrogen-bond acceptors (Lipinski definition) is 1. The van der Waals surface area contributed by atoms with E-state index in [9.17, 15) is 0 Å². The second-order valence-corrected chi connectivity index (χ2v) is 3.30. The zero-order chi connectivity index (χ0) is 8.44. The van der Waals surface area contributed by atoms with Gasteiger partial charge in [-0.3, -0.25) is 0 Å². The normalized spacial score (nSPS) is 20.1. The molecule has 1 heterocycles. The molecule has 63 valence electrons. The quantitative estimate of drug-likeness (QED) is 0.646. The average molecular weight is 161 g/mol. The third-order valence-electron chi connectivity index (χ3n) is 2.62. The summed E-state index contributed by atoms with van der Waals surface area (Å²) in [5.74, 6) is 0. The van der Waals surface area contributed by atoms with Gasteiger partial charge in [-0.1, -0.05) is 37.3 Å². The maximum absolute atomic E-state index is 5.25. The summed E-state index contributed by atoms with van der Waals surface area (Å²) in [5.41, 5.74) is 1.58. The molecule has 1 aromatic rings. The van der Waals surface area contributed by atoms with Crippen molar-refractivity contribution in [1.29, 1.82) is 0 Å². The van der Waals surface area contributed by atoms with E-state index < -0.39 is 0 Å². The van der Waals surface area contributed by atoms with Crippen LogP contribution in [0.15, 0.2) is 30.3 Å². The summed E-state index contributed by atoms with van der Waals surface area (Å²) in [4.78, 5) is 0. The first-order valence-electron chi connectivity index (χ1n) is 4.31. The van der Waals surface area contributed by atoms with Crippen LogP contribution in [0.2, 0.25) is 0 Å². The van der Waals surface area contributed by atoms with Gasteiger partial charge in [0.05, 0.1) is 13.2 Å². The Morgan fingerprint density at radius 2 is 1.92 bits per heavy atom. The molecule has 1 aliphatic heterocycles. The van der Waals surface area contributed by atoms with E-state index in [0.29, 0.717) is 0 Å². The first-order chi connectivity index (χ1) is 5.87. The summed E-state index contributed by atoms with van der Waals surface area (Å²) in [5, 5.41) is 0. The molecule has 0 spiro atoms. The zero-order valence-electron chi connectivity index (χ0n) is 7.29. The van der Waals surface area contributed by atoms with E-state index in [1.54, 1.807) is 0 Å². The Labute approximate surface area is 73.4 Å². The third-order valence-corrected chi connectivity index (χ3v) is 2.62. The molecule has 0 atom stereocenters. The van der Waals surface area contributed by atoms with Gasteiger partial charge in [0.2, 0.25) is 0 Å². The van der Waals surface area contributed by atoms with E-state index in [4.69, 9.17) is 4.74 Å². The predicted molar refractivity (Wildman–Crippen MR) is 48.9 cm³/mol. The van der Waals surface area contributed by atoms with Crippen molar-refractivity contribution in [1.82, 2.24) is 0 Å². The van der Waals surface area contributed by atoms with E-state index in [0.717, 1.165) is 13.2 Å². The molecule has 0 bridgehead atoms. The number of hydrogen-bond donors (Lipinski definition) is 0. The van der Waals surface area contributed by atoms with E-state index in [-0.39, 0.29) is 5.41 Å². The lowest BCUT2D eigenvalue weighted by Gasteiger charge is -2.41. The van der Waals surface area contributed by atoms with Crippen molar-refractivity contribution in [2.24, 2.45) is 0 Å². The maximum Gasteiger partial charge on any atom is 0.0588 e. The van der Waals surface area contributed by atoms with Gasteiger partial charge < -0.3 is 4.74 Å². The lowest BCUT2D eigenvalue weighted by atomic mass is 9.76. The standard InChI is InChI=1S/C11H13O/c1-2-11(8-12-9-11)10-6-4-3-5-7-10/h2-7H,8-9H2,1H3. The molecule has 12 heavy (non-hydrogen) atoms. The second kappa shape index (κ2) is 2.91. The van der Waals surface area contributed by atoms with Crippen LogP contribution in [0.3, 0.4) is 0 Å². The second-order valence-electron chi connectivity index (χ2n) is 3.30. The van der Waals surface area contributed by atoms with E-state index in [2.05, 4.69) is 37.6 Å². The summed E-state index contributed by atoms with van der Waals surface area (Å²) in [6.07, 6.45) is 2.24. The zero-order valence-corrected chi connectivity index (χ0v) is 7.29. The molecule has 0 aromatic heterocycles. The van der Waals surface area contributed by atoms with Crippen molar-refractivity contribution in [3.63, 3.8) is 0 Å². The minimum atomic E-state index is 0.210. The molecule has 2 rings (SSSR count). The molecule has 1 saturated heterocycles. The van der Waals surface area contributed by atoms with Crippen LogP contribution in [0.4, 0.5) is 0 Å². The number of rotatable bonds is 2. The maximum atomic E-state index is 5.25. The smallest absolute Gasteiger partial charge is 0.0588 e. The molecule has 1 nitrogen and oxygen atoms in total. The predicted octanol–water partition coefficient (Wildman–Crippen LogP) is 2.18. The molecule has 1 fully saturated rings. The first-order valence-corrected chi connectivity index (χ1v) is 4.31. The van der Waals surface area contributed by atoms with Crippen LogP contribution in [0, 0.1) is 6.42 Å². The molecule has 1 aliphatic rings. The Balaban J connectivity index is 2.28. The molecular formula is C11H13O. The third kappa shape index (κ3) is 1.05. The Morgan fingerprint density at radius 3 is 2.33 bits per heavy atom. The molecule has 0 unspecified atom stereocenters. The fourth-order valence-electron chi connectivity index (χ4n) is 1.59. The van der Waals surface area contributed by atoms with Crippen LogP contribution in [0.25, 0.3) is 0 Å². The highest BCUT2D eigenvalue weighted by molar-refractivity contribution is 5.31. The summed E-state index contributed by atoms with van der Waals surface area (Å²) >= 11 is 0. The van der Waals surface area contributed by atoms with E-state index >= 15 is 0 Å². The van der Waals surface area contributed by atoms with Gasteiger partial charge in [0.15, 0.2) is 0 Å². The van der Waals surface area contributed by atoms with Crippen molar-refractivity contribution in [3.8, 4) is 0 Å². The van der Waals surface area contributed by atoms with Gasteiger partial charge in [0.25, 0.3) is 0 Å². The Morgan fingerprint density at radius 1 is 1.25 bits per heavy atom. The highest BCUT2D eigenvalue weighted by Gasteiger charge is 2.38. The van der Waals surface area contributed by atoms with Crippen LogP contribution in [-0.2, 0) is 10.2 Å². The van der Waals surface area contributed by atoms with Crippen molar-refractivity contribution in [3.05, 3.63) is 42.3 Å². The lowest BCUT2D eigenvalue weighted by Crippen LogP contribution is -2.46. The fourth-order valence-corrected chi connectivity index (χ4v) is 1.59. The number of benzene rings is 1. The first kappa shape index (κ1) is 7.81. The SMILES string of the molecule is C[CH]C1(c2ccccc2)COC1. The highest BCUT2D eigenvalue weighted by atomic mass is 16.5. The van der Waals surface area contributed by atoms with Crippen LogP contribution in [-0.4, -0.2) is 13.2 Å². The van der Waals surface area contributed by atoms with Crippen LogP contribution in [0.1, 0.15) is 12.5 Å².